The molecule has 0 radical (unpaired) electrons. The van der Waals surface area contributed by atoms with E-state index in [4.69, 9.17) is 5.73 Å². The fraction of sp³-hybridized carbons (Fsp3) is 0.458. The number of nitrogens with zero attached hydrogens (tertiary/aromatic N) is 2. The summed E-state index contributed by atoms with van der Waals surface area (Å²) < 4.78 is 1.02. The molecular formula is C24H33BrN4O. The molecule has 6 heteroatoms. The molecule has 1 aliphatic rings. The zero-order valence-electron chi connectivity index (χ0n) is 18.0. The summed E-state index contributed by atoms with van der Waals surface area (Å²) in [7, 11) is 0. The van der Waals surface area contributed by atoms with Crippen LogP contribution >= 0.6 is 15.9 Å². The first-order chi connectivity index (χ1) is 14.4. The molecule has 0 unspecified atom stereocenters. The standard InChI is InChI=1S/C24H33BrN4O/c1-18(2)23(26)24(30)29-14-13-28(16-19-7-4-3-5-8-19)12-6-11-27-22-10-9-21(25)15-20(22)17-29/h3-5,7-10,15,18,23,27H,6,11-14,16-17,26H2,1-2H3/t23-/m1/s1. The molecule has 1 atom stereocenters. The summed E-state index contributed by atoms with van der Waals surface area (Å²) in [5, 5.41) is 3.57. The van der Waals surface area contributed by atoms with E-state index < -0.39 is 6.04 Å². The molecule has 3 N–H and O–H groups in total. The smallest absolute Gasteiger partial charge is 0.240 e. The lowest BCUT2D eigenvalue weighted by Gasteiger charge is -2.30. The van der Waals surface area contributed by atoms with Crippen LogP contribution in [0, 0.1) is 5.92 Å². The monoisotopic (exact) mass is 472 g/mol. The Morgan fingerprint density at radius 3 is 2.63 bits per heavy atom. The van der Waals surface area contributed by atoms with Gasteiger partial charge >= 0.3 is 0 Å². The minimum absolute atomic E-state index is 0.0230. The average Bonchev–Trinajstić information content (AvgIpc) is 2.77. The van der Waals surface area contributed by atoms with Crippen molar-refractivity contribution >= 4 is 27.5 Å². The Hall–Kier alpha value is -1.89. The van der Waals surface area contributed by atoms with Crippen LogP contribution in [0.3, 0.4) is 0 Å². The average molecular weight is 473 g/mol. The second-order valence-electron chi connectivity index (χ2n) is 8.37. The molecule has 3 rings (SSSR count). The Balaban J connectivity index is 1.83. The van der Waals surface area contributed by atoms with E-state index in [1.54, 1.807) is 0 Å². The van der Waals surface area contributed by atoms with Gasteiger partial charge in [-0.3, -0.25) is 9.69 Å². The van der Waals surface area contributed by atoms with Gasteiger partial charge in [-0.25, -0.2) is 0 Å². The third-order valence-corrected chi connectivity index (χ3v) is 6.14. The zero-order valence-corrected chi connectivity index (χ0v) is 19.6. The highest BCUT2D eigenvalue weighted by Crippen LogP contribution is 2.24. The van der Waals surface area contributed by atoms with Crippen LogP contribution in [0.2, 0.25) is 0 Å². The van der Waals surface area contributed by atoms with Crippen molar-refractivity contribution in [3.05, 3.63) is 64.1 Å². The maximum atomic E-state index is 13.2. The summed E-state index contributed by atoms with van der Waals surface area (Å²) in [6.07, 6.45) is 1.04. The zero-order chi connectivity index (χ0) is 21.5. The molecule has 0 fully saturated rings. The molecule has 5 nitrogen and oxygen atoms in total. The second kappa shape index (κ2) is 10.9. The van der Waals surface area contributed by atoms with Crippen LogP contribution in [-0.4, -0.2) is 47.9 Å². The fourth-order valence-electron chi connectivity index (χ4n) is 3.73. The third-order valence-electron chi connectivity index (χ3n) is 5.65. The number of rotatable bonds is 4. The molecule has 0 spiro atoms. The van der Waals surface area contributed by atoms with Crippen LogP contribution in [0.4, 0.5) is 5.69 Å². The summed E-state index contributed by atoms with van der Waals surface area (Å²) in [5.41, 5.74) is 9.76. The van der Waals surface area contributed by atoms with Gasteiger partial charge in [-0.05, 0) is 41.7 Å². The summed E-state index contributed by atoms with van der Waals surface area (Å²) in [6, 6.07) is 16.3. The van der Waals surface area contributed by atoms with E-state index in [0.717, 1.165) is 48.3 Å². The van der Waals surface area contributed by atoms with Crippen molar-refractivity contribution in [1.29, 1.82) is 0 Å². The van der Waals surface area contributed by atoms with Crippen LogP contribution in [0.15, 0.2) is 53.0 Å². The molecule has 162 valence electrons. The lowest BCUT2D eigenvalue weighted by atomic mass is 10.0. The molecular weight excluding hydrogens is 440 g/mol. The summed E-state index contributed by atoms with van der Waals surface area (Å²) >= 11 is 3.58. The van der Waals surface area contributed by atoms with Crippen LogP contribution in [0.1, 0.15) is 31.4 Å². The molecule has 1 amide bonds. The van der Waals surface area contributed by atoms with Gasteiger partial charge in [0.15, 0.2) is 0 Å². The van der Waals surface area contributed by atoms with Crippen molar-refractivity contribution in [3.8, 4) is 0 Å². The van der Waals surface area contributed by atoms with E-state index in [1.165, 1.54) is 5.56 Å². The molecule has 30 heavy (non-hydrogen) atoms. The second-order valence-corrected chi connectivity index (χ2v) is 9.29. The number of anilines is 1. The first-order valence-electron chi connectivity index (χ1n) is 10.8. The van der Waals surface area contributed by atoms with Gasteiger partial charge in [-0.15, -0.1) is 0 Å². The number of amides is 1. The fourth-order valence-corrected chi connectivity index (χ4v) is 4.14. The van der Waals surface area contributed by atoms with Gasteiger partial charge in [-0.2, -0.15) is 0 Å². The molecule has 2 aromatic carbocycles. The Morgan fingerprint density at radius 2 is 1.90 bits per heavy atom. The lowest BCUT2D eigenvalue weighted by Crippen LogP contribution is -2.48. The van der Waals surface area contributed by atoms with Crippen molar-refractivity contribution < 1.29 is 4.79 Å². The van der Waals surface area contributed by atoms with E-state index in [2.05, 4.69) is 62.5 Å². The van der Waals surface area contributed by atoms with Gasteiger partial charge in [0, 0.05) is 49.4 Å². The summed E-state index contributed by atoms with van der Waals surface area (Å²) in [5.74, 6) is 0.131. The van der Waals surface area contributed by atoms with E-state index in [9.17, 15) is 4.79 Å². The maximum absolute atomic E-state index is 13.2. The topological polar surface area (TPSA) is 61.6 Å². The molecule has 0 saturated carbocycles. The minimum atomic E-state index is -0.485. The highest BCUT2D eigenvalue weighted by atomic mass is 79.9. The number of hydrogen-bond acceptors (Lipinski definition) is 4. The highest BCUT2D eigenvalue weighted by molar-refractivity contribution is 9.10. The number of hydrogen-bond donors (Lipinski definition) is 2. The largest absolute Gasteiger partial charge is 0.385 e. The Labute approximate surface area is 188 Å². The van der Waals surface area contributed by atoms with Crippen molar-refractivity contribution in [3.63, 3.8) is 0 Å². The molecule has 2 aromatic rings. The van der Waals surface area contributed by atoms with Crippen molar-refractivity contribution in [2.45, 2.75) is 39.4 Å². The Kier molecular flexibility index (Phi) is 8.31. The number of nitrogens with two attached hydrogens (primary N) is 1. The summed E-state index contributed by atoms with van der Waals surface area (Å²) in [4.78, 5) is 17.6. The van der Waals surface area contributed by atoms with Gasteiger partial charge in [0.05, 0.1) is 6.04 Å². The van der Waals surface area contributed by atoms with E-state index in [-0.39, 0.29) is 11.8 Å². The lowest BCUT2D eigenvalue weighted by molar-refractivity contribution is -0.134. The number of carbonyl (C=O) groups is 1. The SMILES string of the molecule is CC(C)[C@@H](N)C(=O)N1CCN(Cc2ccccc2)CCCNc2ccc(Br)cc2C1. The highest BCUT2D eigenvalue weighted by Gasteiger charge is 2.25. The molecule has 0 saturated heterocycles. The first-order valence-corrected chi connectivity index (χ1v) is 11.6. The van der Waals surface area contributed by atoms with Crippen molar-refractivity contribution in [1.82, 2.24) is 9.80 Å². The molecule has 0 aromatic heterocycles. The van der Waals surface area contributed by atoms with E-state index in [0.29, 0.717) is 13.1 Å². The molecule has 1 aliphatic heterocycles. The number of nitrogens with one attached hydrogen (secondary N) is 1. The predicted molar refractivity (Wildman–Crippen MR) is 127 cm³/mol. The molecule has 1 heterocycles. The van der Waals surface area contributed by atoms with Gasteiger partial charge in [0.25, 0.3) is 0 Å². The van der Waals surface area contributed by atoms with Crippen LogP contribution in [0.5, 0.6) is 0 Å². The van der Waals surface area contributed by atoms with Gasteiger partial charge in [0.2, 0.25) is 5.91 Å². The third kappa shape index (κ3) is 6.30. The van der Waals surface area contributed by atoms with Crippen molar-refractivity contribution in [2.24, 2.45) is 11.7 Å². The van der Waals surface area contributed by atoms with Gasteiger partial charge < -0.3 is 16.0 Å². The minimum Gasteiger partial charge on any atom is -0.385 e. The number of halogens is 1. The Bertz CT molecular complexity index is 827. The first kappa shape index (κ1) is 22.8. The number of carbonyl (C=O) groups excluding carboxylic acids is 1. The predicted octanol–water partition coefficient (Wildman–Crippen LogP) is 4.08. The Morgan fingerprint density at radius 1 is 1.13 bits per heavy atom. The quantitative estimate of drug-likeness (QED) is 0.703. The van der Waals surface area contributed by atoms with Gasteiger partial charge in [0.1, 0.15) is 0 Å². The molecule has 0 aliphatic carbocycles. The van der Waals surface area contributed by atoms with Crippen LogP contribution < -0.4 is 11.1 Å². The van der Waals surface area contributed by atoms with E-state index >= 15 is 0 Å². The summed E-state index contributed by atoms with van der Waals surface area (Å²) in [6.45, 7) is 8.82. The van der Waals surface area contributed by atoms with E-state index in [1.807, 2.05) is 30.9 Å². The van der Waals surface area contributed by atoms with Crippen LogP contribution in [0.25, 0.3) is 0 Å². The normalized spacial score (nSPS) is 17.0. The van der Waals surface area contributed by atoms with Crippen molar-refractivity contribution in [2.75, 3.05) is 31.5 Å². The maximum Gasteiger partial charge on any atom is 0.240 e. The number of benzene rings is 2. The van der Waals surface area contributed by atoms with Crippen LogP contribution in [-0.2, 0) is 17.9 Å². The number of fused-ring (bicyclic) bond motifs is 1. The molecule has 0 bridgehead atoms. The van der Waals surface area contributed by atoms with Gasteiger partial charge in [-0.1, -0.05) is 60.1 Å².